The van der Waals surface area contributed by atoms with Crippen LogP contribution in [-0.2, 0) is 28.8 Å². The molecule has 1 heterocycles. The summed E-state index contributed by atoms with van der Waals surface area (Å²) in [6, 6.07) is 11.5. The number of rotatable bonds is 15. The van der Waals surface area contributed by atoms with Crippen LogP contribution >= 0.6 is 0 Å². The van der Waals surface area contributed by atoms with Crippen LogP contribution in [0.4, 0.5) is 0 Å². The van der Waals surface area contributed by atoms with E-state index < -0.39 is 60.9 Å². The minimum atomic E-state index is -1.29. The lowest BCUT2D eigenvalue weighted by Crippen LogP contribution is -2.54. The zero-order valence-electron chi connectivity index (χ0n) is 25.8. The summed E-state index contributed by atoms with van der Waals surface area (Å²) in [7, 11) is 1.58. The minimum Gasteiger partial charge on any atom is -0.496 e. The number of amides is 4. The summed E-state index contributed by atoms with van der Waals surface area (Å²) in [4.78, 5) is 75.0. The largest absolute Gasteiger partial charge is 0.496 e. The topological polar surface area (TPSA) is 180 Å². The lowest BCUT2D eigenvalue weighted by molar-refractivity contribution is -0.141. The van der Waals surface area contributed by atoms with Gasteiger partial charge in [-0.05, 0) is 29.7 Å². The molecular weight excluding hydrogens is 584 g/mol. The molecule has 0 aliphatic carbocycles. The average Bonchev–Trinajstić information content (AvgIpc) is 3.45. The smallest absolute Gasteiger partial charge is 0.305 e. The maximum atomic E-state index is 13.4. The van der Waals surface area contributed by atoms with Crippen LogP contribution < -0.4 is 25.4 Å². The van der Waals surface area contributed by atoms with Gasteiger partial charge in [-0.1, -0.05) is 50.6 Å². The van der Waals surface area contributed by atoms with Crippen LogP contribution in [0, 0.1) is 5.92 Å². The summed E-state index contributed by atoms with van der Waals surface area (Å²) in [5.41, 5.74) is 1.67. The van der Waals surface area contributed by atoms with Gasteiger partial charge < -0.3 is 40.2 Å². The monoisotopic (exact) mass is 624 g/mol. The number of carbonyl (C=O) groups is 6. The summed E-state index contributed by atoms with van der Waals surface area (Å²) in [5, 5.41) is 16.6. The highest BCUT2D eigenvalue weighted by molar-refractivity contribution is 5.93. The third-order valence-electron chi connectivity index (χ3n) is 7.59. The van der Waals surface area contributed by atoms with Crippen LogP contribution in [0.5, 0.6) is 11.5 Å². The number of nitrogens with one attached hydrogen (secondary N) is 3. The van der Waals surface area contributed by atoms with E-state index in [9.17, 15) is 28.8 Å². The third kappa shape index (κ3) is 9.52. The summed E-state index contributed by atoms with van der Waals surface area (Å²) in [6.45, 7) is 4.49. The van der Waals surface area contributed by atoms with Crippen molar-refractivity contribution >= 4 is 35.9 Å². The Balaban J connectivity index is 1.80. The van der Waals surface area contributed by atoms with E-state index >= 15 is 0 Å². The summed E-state index contributed by atoms with van der Waals surface area (Å²) in [5.74, 6) is -2.58. The second kappa shape index (κ2) is 16.2. The van der Waals surface area contributed by atoms with Crippen molar-refractivity contribution in [3.8, 4) is 22.6 Å². The van der Waals surface area contributed by atoms with E-state index in [0.29, 0.717) is 24.2 Å². The number of ether oxygens (including phenoxy) is 2. The molecule has 0 saturated carbocycles. The SMILES string of the molecule is CC[C@H](C)[C@H](NC(C)=O)C(=O)NCC(=O)N1C[C@@H](Oc2cccc(-c3ccccc3OC)c2)C[C@H]1C(=O)N[C@H](C=O)CC(=O)O. The predicted molar refractivity (Wildman–Crippen MR) is 163 cm³/mol. The molecule has 4 N–H and O–H groups in total. The van der Waals surface area contributed by atoms with Gasteiger partial charge in [0.25, 0.3) is 0 Å². The molecule has 13 nitrogen and oxygen atoms in total. The maximum absolute atomic E-state index is 13.4. The highest BCUT2D eigenvalue weighted by Crippen LogP contribution is 2.32. The van der Waals surface area contributed by atoms with E-state index in [1.54, 1.807) is 26.2 Å². The fraction of sp³-hybridized carbons (Fsp3) is 0.438. The Bertz CT molecular complexity index is 1400. The Morgan fingerprint density at radius 3 is 2.47 bits per heavy atom. The highest BCUT2D eigenvalue weighted by atomic mass is 16.5. The molecule has 0 spiro atoms. The van der Waals surface area contributed by atoms with Crippen LogP contribution in [0.1, 0.15) is 40.0 Å². The molecule has 1 aliphatic rings. The van der Waals surface area contributed by atoms with Gasteiger partial charge in [0.15, 0.2) is 0 Å². The quantitative estimate of drug-likeness (QED) is 0.214. The second-order valence-corrected chi connectivity index (χ2v) is 10.9. The van der Waals surface area contributed by atoms with Crippen LogP contribution in [0.15, 0.2) is 48.5 Å². The Hall–Kier alpha value is -4.94. The van der Waals surface area contributed by atoms with Gasteiger partial charge in [0, 0.05) is 18.9 Å². The molecule has 0 unspecified atom stereocenters. The van der Waals surface area contributed by atoms with Crippen molar-refractivity contribution in [1.82, 2.24) is 20.9 Å². The molecule has 242 valence electrons. The number of aldehydes is 1. The number of carboxylic acid groups (broad SMARTS) is 1. The van der Waals surface area contributed by atoms with Gasteiger partial charge in [0.2, 0.25) is 23.6 Å². The molecule has 3 rings (SSSR count). The average molecular weight is 625 g/mol. The molecule has 2 aromatic rings. The molecule has 0 bridgehead atoms. The number of carbonyl (C=O) groups excluding carboxylic acids is 5. The first-order valence-corrected chi connectivity index (χ1v) is 14.7. The van der Waals surface area contributed by atoms with Crippen LogP contribution in [0.2, 0.25) is 0 Å². The Morgan fingerprint density at radius 1 is 1.09 bits per heavy atom. The van der Waals surface area contributed by atoms with E-state index in [1.807, 2.05) is 43.3 Å². The standard InChI is InChI=1S/C32H40N4O9/c1-5-19(2)30(34-20(3)38)32(43)33-16-28(39)36-17-24(15-26(36)31(42)35-22(18-37)14-29(40)41)45-23-10-8-9-21(13-23)25-11-6-7-12-27(25)44-4/h6-13,18-19,22,24,26,30H,5,14-17H2,1-4H3,(H,33,43)(H,34,38)(H,35,42)(H,40,41)/t19-,22-,24-,26-,30-/m0/s1. The number of para-hydroxylation sites is 1. The normalized spacial score (nSPS) is 17.7. The predicted octanol–water partition coefficient (Wildman–Crippen LogP) is 1.54. The molecule has 45 heavy (non-hydrogen) atoms. The van der Waals surface area contributed by atoms with Gasteiger partial charge in [-0.25, -0.2) is 0 Å². The molecule has 5 atom stereocenters. The van der Waals surface area contributed by atoms with Crippen LogP contribution in [-0.4, -0.2) is 90.3 Å². The van der Waals surface area contributed by atoms with Gasteiger partial charge >= 0.3 is 5.97 Å². The highest BCUT2D eigenvalue weighted by Gasteiger charge is 2.41. The number of methoxy groups -OCH3 is 1. The number of benzene rings is 2. The molecule has 1 aliphatic heterocycles. The maximum Gasteiger partial charge on any atom is 0.305 e. The van der Waals surface area contributed by atoms with Gasteiger partial charge in [-0.2, -0.15) is 0 Å². The van der Waals surface area contributed by atoms with Gasteiger partial charge in [-0.3, -0.25) is 24.0 Å². The second-order valence-electron chi connectivity index (χ2n) is 10.9. The van der Waals surface area contributed by atoms with E-state index in [0.717, 1.165) is 11.1 Å². The first-order chi connectivity index (χ1) is 21.5. The zero-order valence-corrected chi connectivity index (χ0v) is 25.8. The van der Waals surface area contributed by atoms with Crippen molar-refractivity contribution < 1.29 is 43.3 Å². The number of hydrogen-bond donors (Lipinski definition) is 4. The van der Waals surface area contributed by atoms with Crippen LogP contribution in [0.3, 0.4) is 0 Å². The van der Waals surface area contributed by atoms with Crippen molar-refractivity contribution in [1.29, 1.82) is 0 Å². The fourth-order valence-electron chi connectivity index (χ4n) is 5.11. The van der Waals surface area contributed by atoms with Crippen LogP contribution in [0.25, 0.3) is 11.1 Å². The van der Waals surface area contributed by atoms with Crippen molar-refractivity contribution in [2.45, 2.75) is 64.3 Å². The molecule has 1 saturated heterocycles. The van der Waals surface area contributed by atoms with E-state index in [-0.39, 0.29) is 24.8 Å². The molecule has 2 aromatic carbocycles. The van der Waals surface area contributed by atoms with E-state index in [1.165, 1.54) is 11.8 Å². The Morgan fingerprint density at radius 2 is 1.82 bits per heavy atom. The number of nitrogens with zero attached hydrogens (tertiary/aromatic N) is 1. The number of carboxylic acids is 1. The molecular formula is C32H40N4O9. The van der Waals surface area contributed by atoms with E-state index in [2.05, 4.69) is 16.0 Å². The summed E-state index contributed by atoms with van der Waals surface area (Å²) >= 11 is 0. The molecule has 0 radical (unpaired) electrons. The lowest BCUT2D eigenvalue weighted by atomic mass is 9.98. The van der Waals surface area contributed by atoms with Gasteiger partial charge in [0.1, 0.15) is 36.0 Å². The summed E-state index contributed by atoms with van der Waals surface area (Å²) in [6.07, 6.45) is -0.296. The first kappa shape index (κ1) is 34.5. The summed E-state index contributed by atoms with van der Waals surface area (Å²) < 4.78 is 11.7. The molecule has 1 fully saturated rings. The number of aliphatic carboxylic acids is 1. The zero-order chi connectivity index (χ0) is 33.1. The van der Waals surface area contributed by atoms with Crippen molar-refractivity contribution in [2.75, 3.05) is 20.2 Å². The number of hydrogen-bond acceptors (Lipinski definition) is 8. The molecule has 4 amide bonds. The van der Waals surface area contributed by atoms with Crippen molar-refractivity contribution in [3.05, 3.63) is 48.5 Å². The van der Waals surface area contributed by atoms with Crippen molar-refractivity contribution in [3.63, 3.8) is 0 Å². The molecule has 13 heteroatoms. The fourth-order valence-corrected chi connectivity index (χ4v) is 5.11. The third-order valence-corrected chi connectivity index (χ3v) is 7.59. The van der Waals surface area contributed by atoms with Gasteiger partial charge in [0.05, 0.1) is 32.7 Å². The number of likely N-dealkylation sites (tertiary alicyclic amines) is 1. The van der Waals surface area contributed by atoms with Crippen molar-refractivity contribution in [2.24, 2.45) is 5.92 Å². The first-order valence-electron chi connectivity index (χ1n) is 14.7. The minimum absolute atomic E-state index is 0.0170. The van der Waals surface area contributed by atoms with Gasteiger partial charge in [-0.15, -0.1) is 0 Å². The Labute approximate surface area is 261 Å². The lowest BCUT2D eigenvalue weighted by Gasteiger charge is -2.26. The molecule has 0 aromatic heterocycles. The van der Waals surface area contributed by atoms with E-state index in [4.69, 9.17) is 14.6 Å². The Kier molecular flexibility index (Phi) is 12.5.